The summed E-state index contributed by atoms with van der Waals surface area (Å²) in [4.78, 5) is 23.8. The largest absolute Gasteiger partial charge is 0.416 e. The van der Waals surface area contributed by atoms with Gasteiger partial charge < -0.3 is 10.6 Å². The first-order chi connectivity index (χ1) is 10.7. The Balaban J connectivity index is 2.28. The van der Waals surface area contributed by atoms with Gasteiger partial charge in [0.15, 0.2) is 5.69 Å². The maximum Gasteiger partial charge on any atom is 0.416 e. The van der Waals surface area contributed by atoms with Crippen molar-refractivity contribution in [3.63, 3.8) is 0 Å². The fourth-order valence-electron chi connectivity index (χ4n) is 1.90. The third-order valence-electron chi connectivity index (χ3n) is 2.97. The van der Waals surface area contributed by atoms with Gasteiger partial charge in [0.2, 0.25) is 0 Å². The lowest BCUT2D eigenvalue weighted by atomic mass is 10.1. The number of rotatable bonds is 3. The first-order valence-electron chi connectivity index (χ1n) is 6.46. The molecule has 2 N–H and O–H groups in total. The summed E-state index contributed by atoms with van der Waals surface area (Å²) >= 11 is 0. The van der Waals surface area contributed by atoms with E-state index in [9.17, 15) is 22.8 Å². The average molecular weight is 326 g/mol. The summed E-state index contributed by atoms with van der Waals surface area (Å²) in [6.07, 6.45) is -3.16. The van der Waals surface area contributed by atoms with E-state index in [1.54, 1.807) is 7.05 Å². The van der Waals surface area contributed by atoms with E-state index in [0.717, 1.165) is 18.2 Å². The Hall–Kier alpha value is -2.84. The Bertz CT molecular complexity index is 753. The Kier molecular flexibility index (Phi) is 4.39. The van der Waals surface area contributed by atoms with Crippen LogP contribution in [-0.4, -0.2) is 28.6 Å². The molecular weight excluding hydrogens is 313 g/mol. The van der Waals surface area contributed by atoms with Gasteiger partial charge in [-0.2, -0.15) is 18.3 Å². The molecule has 1 aromatic carbocycles. The molecule has 2 amide bonds. The maximum atomic E-state index is 12.7. The fraction of sp³-hybridized carbons (Fsp3) is 0.214. The van der Waals surface area contributed by atoms with Crippen molar-refractivity contribution in [1.29, 1.82) is 0 Å². The van der Waals surface area contributed by atoms with Crippen LogP contribution in [0.5, 0.6) is 0 Å². The summed E-state index contributed by atoms with van der Waals surface area (Å²) in [5.41, 5.74) is -1.03. The van der Waals surface area contributed by atoms with Gasteiger partial charge in [-0.1, -0.05) is 6.07 Å². The number of hydrogen-bond acceptors (Lipinski definition) is 3. The van der Waals surface area contributed by atoms with Gasteiger partial charge in [0.25, 0.3) is 11.8 Å². The van der Waals surface area contributed by atoms with Crippen molar-refractivity contribution in [2.75, 3.05) is 12.4 Å². The molecule has 0 aliphatic carbocycles. The van der Waals surface area contributed by atoms with Crippen LogP contribution in [0.2, 0.25) is 0 Å². The molecule has 6 nitrogen and oxygen atoms in total. The molecule has 0 atom stereocenters. The Morgan fingerprint density at radius 3 is 2.52 bits per heavy atom. The topological polar surface area (TPSA) is 76.0 Å². The SMILES string of the molecule is CNC(=O)c1nn(C)cc1NC(=O)c1cccc(C(F)(F)F)c1. The number of alkyl halides is 3. The second kappa shape index (κ2) is 6.11. The summed E-state index contributed by atoms with van der Waals surface area (Å²) < 4.78 is 39.3. The minimum absolute atomic E-state index is 0.0321. The van der Waals surface area contributed by atoms with Crippen LogP contribution in [0.1, 0.15) is 26.4 Å². The lowest BCUT2D eigenvalue weighted by Gasteiger charge is -2.09. The van der Waals surface area contributed by atoms with Crippen molar-refractivity contribution in [3.8, 4) is 0 Å². The van der Waals surface area contributed by atoms with E-state index >= 15 is 0 Å². The minimum Gasteiger partial charge on any atom is -0.354 e. The molecule has 0 bridgehead atoms. The van der Waals surface area contributed by atoms with Crippen molar-refractivity contribution < 1.29 is 22.8 Å². The van der Waals surface area contributed by atoms with E-state index in [1.165, 1.54) is 24.0 Å². The molecular formula is C14H13F3N4O2. The van der Waals surface area contributed by atoms with E-state index in [2.05, 4.69) is 15.7 Å². The number of benzene rings is 1. The zero-order chi connectivity index (χ0) is 17.2. The summed E-state index contributed by atoms with van der Waals surface area (Å²) in [6.45, 7) is 0. The number of aryl methyl sites for hydroxylation is 1. The van der Waals surface area contributed by atoms with Gasteiger partial charge in [-0.05, 0) is 18.2 Å². The van der Waals surface area contributed by atoms with Gasteiger partial charge in [0.05, 0.1) is 11.3 Å². The molecule has 2 aromatic rings. The highest BCUT2D eigenvalue weighted by atomic mass is 19.4. The number of nitrogens with zero attached hydrogens (tertiary/aromatic N) is 2. The zero-order valence-electron chi connectivity index (χ0n) is 12.2. The summed E-state index contributed by atoms with van der Waals surface area (Å²) in [6, 6.07) is 4.00. The smallest absolute Gasteiger partial charge is 0.354 e. The Morgan fingerprint density at radius 1 is 1.22 bits per heavy atom. The molecule has 0 aliphatic rings. The third kappa shape index (κ3) is 3.68. The molecule has 0 saturated carbocycles. The van der Waals surface area contributed by atoms with Crippen LogP contribution < -0.4 is 10.6 Å². The summed E-state index contributed by atoms with van der Waals surface area (Å²) in [7, 11) is 2.95. The molecule has 23 heavy (non-hydrogen) atoms. The van der Waals surface area contributed by atoms with Gasteiger partial charge in [-0.3, -0.25) is 14.3 Å². The molecule has 9 heteroatoms. The van der Waals surface area contributed by atoms with Crippen molar-refractivity contribution in [2.24, 2.45) is 7.05 Å². The predicted octanol–water partition coefficient (Wildman–Crippen LogP) is 2.05. The van der Waals surface area contributed by atoms with Crippen LogP contribution >= 0.6 is 0 Å². The minimum atomic E-state index is -4.54. The number of amides is 2. The highest BCUT2D eigenvalue weighted by Crippen LogP contribution is 2.29. The highest BCUT2D eigenvalue weighted by molar-refractivity contribution is 6.08. The summed E-state index contributed by atoms with van der Waals surface area (Å²) in [5.74, 6) is -1.29. The first-order valence-corrected chi connectivity index (χ1v) is 6.46. The molecule has 0 unspecified atom stereocenters. The quantitative estimate of drug-likeness (QED) is 0.906. The molecule has 2 rings (SSSR count). The van der Waals surface area contributed by atoms with E-state index in [1.807, 2.05) is 0 Å². The molecule has 0 spiro atoms. The number of carbonyl (C=O) groups excluding carboxylic acids is 2. The number of nitrogens with one attached hydrogen (secondary N) is 2. The average Bonchev–Trinajstić information content (AvgIpc) is 2.86. The molecule has 0 radical (unpaired) electrons. The molecule has 122 valence electrons. The number of aromatic nitrogens is 2. The van der Waals surface area contributed by atoms with Crippen LogP contribution in [0.4, 0.5) is 18.9 Å². The predicted molar refractivity (Wildman–Crippen MR) is 76.0 cm³/mol. The van der Waals surface area contributed by atoms with Gasteiger partial charge in [-0.25, -0.2) is 0 Å². The van der Waals surface area contributed by atoms with Crippen LogP contribution in [-0.2, 0) is 13.2 Å². The number of carbonyl (C=O) groups is 2. The number of halogens is 3. The molecule has 0 saturated heterocycles. The van der Waals surface area contributed by atoms with Crippen molar-refractivity contribution in [3.05, 3.63) is 47.3 Å². The monoisotopic (exact) mass is 326 g/mol. The van der Waals surface area contributed by atoms with Crippen LogP contribution in [0, 0.1) is 0 Å². The van der Waals surface area contributed by atoms with Crippen LogP contribution in [0.25, 0.3) is 0 Å². The normalized spacial score (nSPS) is 11.2. The second-order valence-corrected chi connectivity index (χ2v) is 4.68. The van der Waals surface area contributed by atoms with Gasteiger partial charge >= 0.3 is 6.18 Å². The maximum absolute atomic E-state index is 12.7. The second-order valence-electron chi connectivity index (χ2n) is 4.68. The Morgan fingerprint density at radius 2 is 1.91 bits per heavy atom. The standard InChI is InChI=1S/C14H13F3N4O2/c1-18-13(23)11-10(7-21(2)20-11)19-12(22)8-4-3-5-9(6-8)14(15,16)17/h3-7H,1-2H3,(H,18,23)(H,19,22). The first kappa shape index (κ1) is 16.5. The molecule has 1 heterocycles. The van der Waals surface area contributed by atoms with E-state index in [4.69, 9.17) is 0 Å². The van der Waals surface area contributed by atoms with E-state index < -0.39 is 23.6 Å². The van der Waals surface area contributed by atoms with Crippen LogP contribution in [0.15, 0.2) is 30.5 Å². The van der Waals surface area contributed by atoms with E-state index in [0.29, 0.717) is 0 Å². The zero-order valence-corrected chi connectivity index (χ0v) is 12.2. The number of hydrogen-bond donors (Lipinski definition) is 2. The number of anilines is 1. The van der Waals surface area contributed by atoms with Gasteiger partial charge in [0.1, 0.15) is 0 Å². The van der Waals surface area contributed by atoms with Crippen molar-refractivity contribution in [1.82, 2.24) is 15.1 Å². The van der Waals surface area contributed by atoms with Crippen molar-refractivity contribution in [2.45, 2.75) is 6.18 Å². The fourth-order valence-corrected chi connectivity index (χ4v) is 1.90. The van der Waals surface area contributed by atoms with Crippen molar-refractivity contribution >= 4 is 17.5 Å². The van der Waals surface area contributed by atoms with Gasteiger partial charge in [0, 0.05) is 25.9 Å². The summed E-state index contributed by atoms with van der Waals surface area (Å²) in [5, 5.41) is 8.65. The molecule has 0 aliphatic heterocycles. The van der Waals surface area contributed by atoms with Gasteiger partial charge in [-0.15, -0.1) is 0 Å². The molecule has 1 aromatic heterocycles. The lowest BCUT2D eigenvalue weighted by Crippen LogP contribution is -2.21. The highest BCUT2D eigenvalue weighted by Gasteiger charge is 2.31. The molecule has 0 fully saturated rings. The van der Waals surface area contributed by atoms with Crippen LogP contribution in [0.3, 0.4) is 0 Å². The van der Waals surface area contributed by atoms with E-state index in [-0.39, 0.29) is 16.9 Å². The third-order valence-corrected chi connectivity index (χ3v) is 2.97. The Labute approximate surface area is 129 Å². The lowest BCUT2D eigenvalue weighted by molar-refractivity contribution is -0.137.